The fourth-order valence-corrected chi connectivity index (χ4v) is 4.00. The van der Waals surface area contributed by atoms with Gasteiger partial charge in [0.2, 0.25) is 5.89 Å². The van der Waals surface area contributed by atoms with E-state index in [1.807, 2.05) is 30.3 Å². The average Bonchev–Trinajstić information content (AvgIpc) is 3.15. The Balaban J connectivity index is 1.43. The van der Waals surface area contributed by atoms with E-state index in [1.165, 1.54) is 35.7 Å². The summed E-state index contributed by atoms with van der Waals surface area (Å²) in [5.74, 6) is 0.698. The van der Waals surface area contributed by atoms with Gasteiger partial charge in [-0.25, -0.2) is 0 Å². The van der Waals surface area contributed by atoms with Crippen molar-refractivity contribution in [3.63, 3.8) is 0 Å². The zero-order valence-electron chi connectivity index (χ0n) is 14.1. The molecule has 1 aliphatic rings. The number of halogens is 1. The number of benzene rings is 2. The van der Waals surface area contributed by atoms with E-state index >= 15 is 0 Å². The molecule has 3 aromatic rings. The monoisotopic (exact) mass is 384 g/mol. The molecule has 132 valence electrons. The molecule has 0 saturated carbocycles. The highest BCUT2D eigenvalue weighted by Gasteiger charge is 2.16. The van der Waals surface area contributed by atoms with Gasteiger partial charge in [-0.15, -0.1) is 10.2 Å². The number of hydrogen-bond donors (Lipinski definition) is 0. The topological polar surface area (TPSA) is 56.0 Å². The van der Waals surface area contributed by atoms with Gasteiger partial charge in [-0.2, -0.15) is 0 Å². The van der Waals surface area contributed by atoms with Gasteiger partial charge < -0.3 is 4.42 Å². The molecule has 0 bridgehead atoms. The van der Waals surface area contributed by atoms with Gasteiger partial charge in [0.25, 0.3) is 5.22 Å². The first kappa shape index (κ1) is 17.3. The molecule has 1 aliphatic carbocycles. The number of aromatic nitrogens is 2. The van der Waals surface area contributed by atoms with E-state index in [1.54, 1.807) is 6.07 Å². The summed E-state index contributed by atoms with van der Waals surface area (Å²) in [6, 6.07) is 13.4. The lowest BCUT2D eigenvalue weighted by Crippen LogP contribution is -2.07. The number of carbonyl (C=O) groups is 1. The van der Waals surface area contributed by atoms with Crippen molar-refractivity contribution in [1.82, 2.24) is 10.2 Å². The van der Waals surface area contributed by atoms with Crippen LogP contribution in [-0.4, -0.2) is 21.7 Å². The number of ketones is 1. The van der Waals surface area contributed by atoms with Crippen LogP contribution in [0.15, 0.2) is 52.1 Å². The molecule has 0 radical (unpaired) electrons. The van der Waals surface area contributed by atoms with Crippen LogP contribution in [0, 0.1) is 0 Å². The normalized spacial score (nSPS) is 13.4. The van der Waals surface area contributed by atoms with Crippen LogP contribution < -0.4 is 0 Å². The van der Waals surface area contributed by atoms with Crippen LogP contribution in [-0.2, 0) is 12.8 Å². The van der Waals surface area contributed by atoms with Crippen molar-refractivity contribution < 1.29 is 9.21 Å². The van der Waals surface area contributed by atoms with E-state index in [-0.39, 0.29) is 11.5 Å². The molecule has 0 atom stereocenters. The van der Waals surface area contributed by atoms with Crippen LogP contribution in [0.1, 0.15) is 34.3 Å². The minimum Gasteiger partial charge on any atom is -0.411 e. The molecule has 1 heterocycles. The van der Waals surface area contributed by atoms with Gasteiger partial charge in [0.05, 0.1) is 16.3 Å². The van der Waals surface area contributed by atoms with E-state index in [0.29, 0.717) is 21.7 Å². The van der Waals surface area contributed by atoms with Crippen LogP contribution in [0.4, 0.5) is 0 Å². The van der Waals surface area contributed by atoms with Crippen LogP contribution in [0.3, 0.4) is 0 Å². The summed E-state index contributed by atoms with van der Waals surface area (Å²) >= 11 is 7.39. The number of fused-ring (bicyclic) bond motifs is 1. The number of carbonyl (C=O) groups excluding carboxylic acids is 1. The highest BCUT2D eigenvalue weighted by molar-refractivity contribution is 7.99. The molecule has 2 aromatic carbocycles. The Morgan fingerprint density at radius 1 is 1.08 bits per heavy atom. The Labute approximate surface area is 161 Å². The molecule has 6 heteroatoms. The molecule has 1 aromatic heterocycles. The summed E-state index contributed by atoms with van der Waals surface area (Å²) < 4.78 is 5.63. The first-order valence-electron chi connectivity index (χ1n) is 8.57. The molecule has 0 saturated heterocycles. The lowest BCUT2D eigenvalue weighted by atomic mass is 9.90. The van der Waals surface area contributed by atoms with Gasteiger partial charge in [-0.05, 0) is 55.0 Å². The molecule has 4 nitrogen and oxygen atoms in total. The summed E-state index contributed by atoms with van der Waals surface area (Å²) in [6.07, 6.45) is 4.62. The quantitative estimate of drug-likeness (QED) is 0.444. The largest absolute Gasteiger partial charge is 0.411 e. The number of nitrogens with zero attached hydrogens (tertiary/aromatic N) is 2. The van der Waals surface area contributed by atoms with Crippen LogP contribution >= 0.6 is 23.4 Å². The summed E-state index contributed by atoms with van der Waals surface area (Å²) in [7, 11) is 0. The fraction of sp³-hybridized carbons (Fsp3) is 0.250. The molecule has 0 aliphatic heterocycles. The second-order valence-electron chi connectivity index (χ2n) is 6.26. The summed E-state index contributed by atoms with van der Waals surface area (Å²) in [4.78, 5) is 12.5. The van der Waals surface area contributed by atoms with Gasteiger partial charge in [-0.1, -0.05) is 47.6 Å². The predicted molar refractivity (Wildman–Crippen MR) is 103 cm³/mol. The minimum absolute atomic E-state index is 0.0702. The van der Waals surface area contributed by atoms with Crippen LogP contribution in [0.2, 0.25) is 5.02 Å². The number of thioether (sulfide) groups is 1. The van der Waals surface area contributed by atoms with Crippen molar-refractivity contribution >= 4 is 29.1 Å². The molecular formula is C20H17ClN2O2S. The number of hydrogen-bond acceptors (Lipinski definition) is 5. The Bertz CT molecular complexity index is 954. The van der Waals surface area contributed by atoms with Gasteiger partial charge in [-0.3, -0.25) is 4.79 Å². The average molecular weight is 385 g/mol. The summed E-state index contributed by atoms with van der Waals surface area (Å²) in [5.41, 5.74) is 4.13. The maximum atomic E-state index is 12.5. The Kier molecular flexibility index (Phi) is 5.09. The molecule has 0 spiro atoms. The lowest BCUT2D eigenvalue weighted by Gasteiger charge is -2.16. The van der Waals surface area contributed by atoms with E-state index < -0.39 is 0 Å². The van der Waals surface area contributed by atoms with Gasteiger partial charge in [0, 0.05) is 5.56 Å². The van der Waals surface area contributed by atoms with E-state index in [2.05, 4.69) is 16.3 Å². The molecular weight excluding hydrogens is 368 g/mol. The van der Waals surface area contributed by atoms with Crippen molar-refractivity contribution in [3.05, 3.63) is 64.2 Å². The minimum atomic E-state index is 0.0702. The molecule has 0 unspecified atom stereocenters. The highest BCUT2D eigenvalue weighted by atomic mass is 35.5. The Morgan fingerprint density at radius 3 is 2.73 bits per heavy atom. The maximum absolute atomic E-state index is 12.5. The third-order valence-corrected chi connectivity index (χ3v) is 5.66. The Hall–Kier alpha value is -2.11. The van der Waals surface area contributed by atoms with Gasteiger partial charge in [0.1, 0.15) is 0 Å². The first-order chi connectivity index (χ1) is 12.7. The third-order valence-electron chi connectivity index (χ3n) is 4.51. The highest BCUT2D eigenvalue weighted by Crippen LogP contribution is 2.29. The SMILES string of the molecule is O=C(CSc1nnc(-c2ccccc2Cl)o1)c1ccc2c(c1)CCCC2. The van der Waals surface area contributed by atoms with E-state index in [9.17, 15) is 4.79 Å². The van der Waals surface area contributed by atoms with E-state index in [0.717, 1.165) is 18.4 Å². The molecule has 26 heavy (non-hydrogen) atoms. The lowest BCUT2D eigenvalue weighted by molar-refractivity contribution is 0.102. The van der Waals surface area contributed by atoms with E-state index in [4.69, 9.17) is 16.0 Å². The summed E-state index contributed by atoms with van der Waals surface area (Å²) in [6.45, 7) is 0. The molecule has 0 fully saturated rings. The fourth-order valence-electron chi connectivity index (χ4n) is 3.13. The van der Waals surface area contributed by atoms with Crippen molar-refractivity contribution in [2.75, 3.05) is 5.75 Å². The second-order valence-corrected chi connectivity index (χ2v) is 7.59. The first-order valence-corrected chi connectivity index (χ1v) is 9.93. The second kappa shape index (κ2) is 7.64. The zero-order chi connectivity index (χ0) is 17.9. The standard InChI is InChI=1S/C20H17ClN2O2S/c21-17-8-4-3-7-16(17)19-22-23-20(25-19)26-12-18(24)15-10-9-13-5-1-2-6-14(13)11-15/h3-4,7-11H,1-2,5-6,12H2. The zero-order valence-corrected chi connectivity index (χ0v) is 15.6. The molecule has 0 amide bonds. The Morgan fingerprint density at radius 2 is 1.88 bits per heavy atom. The van der Waals surface area contributed by atoms with Crippen LogP contribution in [0.5, 0.6) is 0 Å². The van der Waals surface area contributed by atoms with Crippen molar-refractivity contribution in [3.8, 4) is 11.5 Å². The predicted octanol–water partition coefficient (Wildman–Crippen LogP) is 5.24. The summed E-state index contributed by atoms with van der Waals surface area (Å²) in [5, 5.41) is 8.95. The van der Waals surface area contributed by atoms with Gasteiger partial charge in [0.15, 0.2) is 5.78 Å². The van der Waals surface area contributed by atoms with Crippen molar-refractivity contribution in [2.24, 2.45) is 0 Å². The number of Topliss-reactive ketones (excluding diaryl/α,β-unsaturated/α-hetero) is 1. The van der Waals surface area contributed by atoms with Crippen LogP contribution in [0.25, 0.3) is 11.5 Å². The molecule has 4 rings (SSSR count). The van der Waals surface area contributed by atoms with Crippen molar-refractivity contribution in [2.45, 2.75) is 30.9 Å². The number of rotatable bonds is 5. The smallest absolute Gasteiger partial charge is 0.277 e. The number of aryl methyl sites for hydroxylation is 2. The third kappa shape index (κ3) is 3.69. The van der Waals surface area contributed by atoms with Crippen molar-refractivity contribution in [1.29, 1.82) is 0 Å². The maximum Gasteiger partial charge on any atom is 0.277 e. The molecule has 0 N–H and O–H groups in total. The van der Waals surface area contributed by atoms with Gasteiger partial charge >= 0.3 is 0 Å².